The number of benzene rings is 1. The van der Waals surface area contributed by atoms with Gasteiger partial charge in [0.2, 0.25) is 0 Å². The lowest BCUT2D eigenvalue weighted by molar-refractivity contribution is 0.0493. The van der Waals surface area contributed by atoms with E-state index in [0.717, 1.165) is 10.1 Å². The van der Waals surface area contributed by atoms with Gasteiger partial charge < -0.3 is 10.5 Å². The van der Waals surface area contributed by atoms with Gasteiger partial charge in [-0.15, -0.1) is 11.3 Å². The highest BCUT2D eigenvalue weighted by Crippen LogP contribution is 2.27. The molecule has 20 heavy (non-hydrogen) atoms. The minimum atomic E-state index is -0.308. The van der Waals surface area contributed by atoms with E-state index >= 15 is 0 Å². The van der Waals surface area contributed by atoms with E-state index in [1.807, 2.05) is 36.5 Å². The fourth-order valence-electron chi connectivity index (χ4n) is 1.90. The molecule has 0 unspecified atom stereocenters. The third-order valence-electron chi connectivity index (χ3n) is 2.85. The monoisotopic (exact) mass is 287 g/mol. The van der Waals surface area contributed by atoms with Gasteiger partial charge in [-0.05, 0) is 35.7 Å². The second-order valence-electron chi connectivity index (χ2n) is 4.31. The highest BCUT2D eigenvalue weighted by Gasteiger charge is 2.11. The quantitative estimate of drug-likeness (QED) is 0.591. The van der Waals surface area contributed by atoms with Gasteiger partial charge in [-0.3, -0.25) is 4.68 Å². The molecule has 5 nitrogen and oxygen atoms in total. The Morgan fingerprint density at radius 2 is 2.30 bits per heavy atom. The summed E-state index contributed by atoms with van der Waals surface area (Å²) in [6, 6.07) is 9.23. The Kier molecular flexibility index (Phi) is 3.39. The van der Waals surface area contributed by atoms with E-state index in [-0.39, 0.29) is 5.97 Å². The predicted octanol–water partition coefficient (Wildman–Crippen LogP) is 2.54. The minimum absolute atomic E-state index is 0.302. The summed E-state index contributed by atoms with van der Waals surface area (Å²) in [4.78, 5) is 12.5. The second kappa shape index (κ2) is 5.34. The van der Waals surface area contributed by atoms with Crippen LogP contribution < -0.4 is 5.73 Å². The Morgan fingerprint density at radius 1 is 1.40 bits per heavy atom. The van der Waals surface area contributed by atoms with Crippen molar-refractivity contribution in [1.82, 2.24) is 9.78 Å². The molecule has 6 heteroatoms. The van der Waals surface area contributed by atoms with Crippen molar-refractivity contribution in [2.45, 2.75) is 6.54 Å². The topological polar surface area (TPSA) is 70.1 Å². The number of aromatic nitrogens is 2. The third-order valence-corrected chi connectivity index (χ3v) is 3.95. The number of thiophene rings is 1. The summed E-state index contributed by atoms with van der Waals surface area (Å²) in [5, 5.41) is 5.01. The molecule has 0 spiro atoms. The fraction of sp³-hybridized carbons (Fsp3) is 0.143. The molecular formula is C14H13N3O2S. The maximum Gasteiger partial charge on any atom is 0.348 e. The maximum absolute atomic E-state index is 12.0. The molecule has 2 aromatic heterocycles. The lowest BCUT2D eigenvalue weighted by Gasteiger charge is -2.03. The van der Waals surface area contributed by atoms with Crippen LogP contribution in [0.3, 0.4) is 0 Å². The van der Waals surface area contributed by atoms with Crippen molar-refractivity contribution in [3.8, 4) is 0 Å². The number of nitrogens with two attached hydrogens (primary N) is 1. The Morgan fingerprint density at radius 3 is 3.10 bits per heavy atom. The van der Waals surface area contributed by atoms with Crippen molar-refractivity contribution >= 4 is 33.1 Å². The average molecular weight is 287 g/mol. The molecular weight excluding hydrogens is 274 g/mol. The summed E-state index contributed by atoms with van der Waals surface area (Å²) in [6.45, 7) is 0.855. The van der Waals surface area contributed by atoms with E-state index in [2.05, 4.69) is 5.10 Å². The zero-order valence-electron chi connectivity index (χ0n) is 10.7. The fourth-order valence-corrected chi connectivity index (χ4v) is 2.84. The Labute approximate surface area is 119 Å². The summed E-state index contributed by atoms with van der Waals surface area (Å²) in [6.07, 6.45) is 3.52. The Balaban J connectivity index is 1.66. The third kappa shape index (κ3) is 2.65. The number of rotatable bonds is 4. The number of anilines is 1. The Bertz CT molecular complexity index is 734. The van der Waals surface area contributed by atoms with Gasteiger partial charge in [-0.25, -0.2) is 4.79 Å². The van der Waals surface area contributed by atoms with Crippen molar-refractivity contribution < 1.29 is 9.53 Å². The number of esters is 1. The van der Waals surface area contributed by atoms with Gasteiger partial charge >= 0.3 is 5.97 Å². The summed E-state index contributed by atoms with van der Waals surface area (Å²) < 4.78 is 7.99. The van der Waals surface area contributed by atoms with Crippen LogP contribution in [0.4, 0.5) is 5.69 Å². The lowest BCUT2D eigenvalue weighted by Crippen LogP contribution is -2.10. The molecule has 0 atom stereocenters. The molecule has 0 aliphatic carbocycles. The van der Waals surface area contributed by atoms with Gasteiger partial charge in [0.15, 0.2) is 0 Å². The van der Waals surface area contributed by atoms with E-state index in [4.69, 9.17) is 10.5 Å². The molecule has 0 aliphatic rings. The second-order valence-corrected chi connectivity index (χ2v) is 5.40. The van der Waals surface area contributed by atoms with Gasteiger partial charge in [0, 0.05) is 22.8 Å². The number of hydrogen-bond donors (Lipinski definition) is 1. The number of fused-ring (bicyclic) bond motifs is 1. The molecule has 0 saturated heterocycles. The van der Waals surface area contributed by atoms with Crippen molar-refractivity contribution in [3.63, 3.8) is 0 Å². The molecule has 0 fully saturated rings. The van der Waals surface area contributed by atoms with E-state index in [1.54, 1.807) is 10.9 Å². The van der Waals surface area contributed by atoms with E-state index in [0.29, 0.717) is 23.7 Å². The first-order chi connectivity index (χ1) is 9.72. The van der Waals surface area contributed by atoms with Crippen molar-refractivity contribution in [3.05, 3.63) is 47.6 Å². The summed E-state index contributed by atoms with van der Waals surface area (Å²) in [5.41, 5.74) is 6.41. The number of carbonyl (C=O) groups is 1. The number of hydrogen-bond acceptors (Lipinski definition) is 5. The first kappa shape index (κ1) is 12.7. The molecule has 0 bridgehead atoms. The largest absolute Gasteiger partial charge is 0.460 e. The molecule has 0 aliphatic heterocycles. The van der Waals surface area contributed by atoms with Gasteiger partial charge in [0.05, 0.1) is 6.54 Å². The number of ether oxygens (including phenoxy) is 1. The first-order valence-electron chi connectivity index (χ1n) is 6.16. The van der Waals surface area contributed by atoms with Gasteiger partial charge in [-0.1, -0.05) is 0 Å². The first-order valence-corrected chi connectivity index (χ1v) is 6.98. The van der Waals surface area contributed by atoms with Gasteiger partial charge in [-0.2, -0.15) is 5.10 Å². The highest BCUT2D eigenvalue weighted by molar-refractivity contribution is 7.20. The number of carbonyl (C=O) groups excluding carboxylic acids is 1. The van der Waals surface area contributed by atoms with E-state index < -0.39 is 0 Å². The summed E-state index contributed by atoms with van der Waals surface area (Å²) in [5.74, 6) is -0.308. The number of nitrogens with zero attached hydrogens (tertiary/aromatic N) is 2. The van der Waals surface area contributed by atoms with Crippen LogP contribution in [0.1, 0.15) is 9.67 Å². The van der Waals surface area contributed by atoms with Crippen LogP contribution >= 0.6 is 11.3 Å². The molecule has 0 radical (unpaired) electrons. The lowest BCUT2D eigenvalue weighted by atomic mass is 10.2. The van der Waals surface area contributed by atoms with Crippen LogP contribution in [-0.2, 0) is 11.3 Å². The molecule has 1 aromatic carbocycles. The highest BCUT2D eigenvalue weighted by atomic mass is 32.1. The smallest absolute Gasteiger partial charge is 0.348 e. The van der Waals surface area contributed by atoms with Crippen LogP contribution in [0.5, 0.6) is 0 Å². The Hall–Kier alpha value is -2.34. The standard InChI is InChI=1S/C14H13N3O2S/c15-11-2-3-12-10(8-11)9-13(20-12)14(18)19-7-6-17-5-1-4-16-17/h1-5,8-9H,6-7,15H2. The minimum Gasteiger partial charge on any atom is -0.460 e. The van der Waals surface area contributed by atoms with Gasteiger partial charge in [0.25, 0.3) is 0 Å². The normalized spacial score (nSPS) is 10.8. The molecule has 2 N–H and O–H groups in total. The maximum atomic E-state index is 12.0. The van der Waals surface area contributed by atoms with Crippen LogP contribution in [0.2, 0.25) is 0 Å². The van der Waals surface area contributed by atoms with Crippen LogP contribution in [0.15, 0.2) is 42.7 Å². The molecule has 102 valence electrons. The predicted molar refractivity (Wildman–Crippen MR) is 78.7 cm³/mol. The van der Waals surface area contributed by atoms with Crippen LogP contribution in [0.25, 0.3) is 10.1 Å². The summed E-state index contributed by atoms with van der Waals surface area (Å²) in [7, 11) is 0. The molecule has 3 rings (SSSR count). The SMILES string of the molecule is Nc1ccc2sc(C(=O)OCCn3cccn3)cc2c1. The van der Waals surface area contributed by atoms with Crippen molar-refractivity contribution in [2.24, 2.45) is 0 Å². The molecule has 2 heterocycles. The summed E-state index contributed by atoms with van der Waals surface area (Å²) >= 11 is 1.41. The molecule has 3 aromatic rings. The van der Waals surface area contributed by atoms with Gasteiger partial charge in [0.1, 0.15) is 11.5 Å². The number of nitrogen functional groups attached to an aromatic ring is 1. The van der Waals surface area contributed by atoms with Crippen molar-refractivity contribution in [2.75, 3.05) is 12.3 Å². The zero-order chi connectivity index (χ0) is 13.9. The molecule has 0 amide bonds. The van der Waals surface area contributed by atoms with E-state index in [1.165, 1.54) is 11.3 Å². The van der Waals surface area contributed by atoms with Crippen molar-refractivity contribution in [1.29, 1.82) is 0 Å². The zero-order valence-corrected chi connectivity index (χ0v) is 11.5. The van der Waals surface area contributed by atoms with Crippen LogP contribution in [0, 0.1) is 0 Å². The molecule has 0 saturated carbocycles. The average Bonchev–Trinajstić information content (AvgIpc) is 3.06. The van der Waals surface area contributed by atoms with Crippen LogP contribution in [-0.4, -0.2) is 22.4 Å². The van der Waals surface area contributed by atoms with E-state index in [9.17, 15) is 4.79 Å².